The van der Waals surface area contributed by atoms with E-state index in [4.69, 9.17) is 9.32 Å². The van der Waals surface area contributed by atoms with Gasteiger partial charge < -0.3 is 24.3 Å². The molecule has 37 heavy (non-hydrogen) atoms. The van der Waals surface area contributed by atoms with Crippen molar-refractivity contribution >= 4 is 34.7 Å². The number of carbonyl (C=O) groups excluding carboxylic acids is 1. The van der Waals surface area contributed by atoms with Crippen LogP contribution in [0.4, 0.5) is 10.2 Å². The number of anilines is 1. The number of benzene rings is 2. The van der Waals surface area contributed by atoms with Crippen molar-refractivity contribution in [3.63, 3.8) is 0 Å². The van der Waals surface area contributed by atoms with Gasteiger partial charge >= 0.3 is 0 Å². The molecular weight excluding hydrogens is 497 g/mol. The Morgan fingerprint density at radius 1 is 1.16 bits per heavy atom. The monoisotopic (exact) mass is 523 g/mol. The average Bonchev–Trinajstić information content (AvgIpc) is 3.41. The number of nitrogens with zero attached hydrogens (tertiary/aromatic N) is 3. The average molecular weight is 524 g/mol. The summed E-state index contributed by atoms with van der Waals surface area (Å²) in [4.78, 5) is 22.1. The molecule has 1 fully saturated rings. The highest BCUT2D eigenvalue weighted by Crippen LogP contribution is 2.32. The predicted octanol–water partition coefficient (Wildman–Crippen LogP) is 2.91. The van der Waals surface area contributed by atoms with E-state index < -0.39 is 18.2 Å². The van der Waals surface area contributed by atoms with Crippen molar-refractivity contribution < 1.29 is 23.6 Å². The third-order valence-corrected chi connectivity index (χ3v) is 7.03. The largest absolute Gasteiger partial charge is 0.390 e. The van der Waals surface area contributed by atoms with Crippen molar-refractivity contribution in [2.24, 2.45) is 11.1 Å². The minimum absolute atomic E-state index is 0.175. The fraction of sp³-hybridized carbons (Fsp3) is 0.269. The fourth-order valence-electron chi connectivity index (χ4n) is 4.86. The smallest absolute Gasteiger partial charge is 0.200 e. The highest BCUT2D eigenvalue weighted by molar-refractivity contribution is 7.92. The van der Waals surface area contributed by atoms with Gasteiger partial charge in [-0.05, 0) is 18.6 Å². The molecule has 1 aliphatic carbocycles. The van der Waals surface area contributed by atoms with Crippen molar-refractivity contribution in [2.75, 3.05) is 11.9 Å². The third-order valence-electron chi connectivity index (χ3n) is 6.76. The number of para-hydroxylation sites is 1. The van der Waals surface area contributed by atoms with Crippen LogP contribution in [0.2, 0.25) is 0 Å². The molecule has 0 aliphatic heterocycles. The molecule has 11 heteroatoms. The summed E-state index contributed by atoms with van der Waals surface area (Å²) >= 11 is 0.704. The van der Waals surface area contributed by atoms with Crippen LogP contribution in [0.1, 0.15) is 27.9 Å². The maximum Gasteiger partial charge on any atom is 0.200 e. The highest BCUT2D eigenvalue weighted by atomic mass is 32.2. The van der Waals surface area contributed by atoms with Crippen LogP contribution in [0.3, 0.4) is 0 Å². The zero-order valence-electron chi connectivity index (χ0n) is 19.7. The van der Waals surface area contributed by atoms with Crippen LogP contribution in [-0.4, -0.2) is 55.4 Å². The number of hydrogen-bond donors (Lipinski definition) is 4. The maximum atomic E-state index is 14.3. The molecule has 5 rings (SSSR count). The molecule has 2 heterocycles. The lowest BCUT2D eigenvalue weighted by molar-refractivity contribution is 0.00892. The summed E-state index contributed by atoms with van der Waals surface area (Å²) in [6.45, 7) is 0.433. The summed E-state index contributed by atoms with van der Waals surface area (Å²) in [7, 11) is 0. The number of aromatic nitrogens is 3. The Morgan fingerprint density at radius 2 is 1.95 bits per heavy atom. The van der Waals surface area contributed by atoms with Crippen LogP contribution in [0.25, 0.3) is 10.9 Å². The second-order valence-corrected chi connectivity index (χ2v) is 9.43. The Morgan fingerprint density at radius 3 is 2.76 bits per heavy atom. The minimum Gasteiger partial charge on any atom is -0.390 e. The molecule has 0 bridgehead atoms. The molecule has 2 aromatic heterocycles. The van der Waals surface area contributed by atoms with E-state index >= 15 is 0 Å². The number of rotatable bonds is 9. The molecule has 0 amide bonds. The van der Waals surface area contributed by atoms with Gasteiger partial charge in [-0.3, -0.25) is 9.93 Å². The lowest BCUT2D eigenvalue weighted by Gasteiger charge is -2.19. The standard InChI is InChI=1S/C26H26FN5O4S/c27-20-7-3-1-5-15(20)11-32-12-19(17-6-2-4-8-22(17)32)24(34)18-10-29-14-30-26(18)31-21-9-16(13-36-37-28)23(33)25(21)35/h1-8,10,12,14,16,21,23,25,33,35H,9,11,13,28H2,(H,29,30,31)/t16-,21-,23-,25+/m1/s1. The van der Waals surface area contributed by atoms with E-state index in [9.17, 15) is 19.4 Å². The second-order valence-electron chi connectivity index (χ2n) is 9.00. The number of ketones is 1. The molecule has 1 saturated carbocycles. The number of halogens is 1. The van der Waals surface area contributed by atoms with Crippen molar-refractivity contribution in [2.45, 2.75) is 31.2 Å². The molecule has 1 aliphatic rings. The minimum atomic E-state index is -1.09. The van der Waals surface area contributed by atoms with Crippen LogP contribution in [0, 0.1) is 11.7 Å². The van der Waals surface area contributed by atoms with Gasteiger partial charge in [-0.15, -0.1) is 0 Å². The van der Waals surface area contributed by atoms with E-state index in [0.717, 1.165) is 5.52 Å². The molecule has 0 radical (unpaired) electrons. The Balaban J connectivity index is 1.45. The van der Waals surface area contributed by atoms with Crippen molar-refractivity contribution in [3.05, 3.63) is 89.8 Å². The molecule has 0 spiro atoms. The molecule has 2 aromatic carbocycles. The van der Waals surface area contributed by atoms with Gasteiger partial charge in [0.05, 0.1) is 43.1 Å². The van der Waals surface area contributed by atoms with Gasteiger partial charge in [0.1, 0.15) is 24.1 Å². The van der Waals surface area contributed by atoms with Crippen LogP contribution >= 0.6 is 12.2 Å². The normalized spacial score (nSPS) is 21.4. The molecule has 192 valence electrons. The summed E-state index contributed by atoms with van der Waals surface area (Å²) in [6, 6.07) is 13.4. The quantitative estimate of drug-likeness (QED) is 0.148. The van der Waals surface area contributed by atoms with E-state index in [1.54, 1.807) is 24.4 Å². The molecule has 0 unspecified atom stereocenters. The van der Waals surface area contributed by atoms with E-state index in [2.05, 4.69) is 15.3 Å². The first-order valence-electron chi connectivity index (χ1n) is 11.7. The van der Waals surface area contributed by atoms with Gasteiger partial charge in [-0.2, -0.15) is 0 Å². The lowest BCUT2D eigenvalue weighted by Crippen LogP contribution is -2.36. The van der Waals surface area contributed by atoms with Crippen molar-refractivity contribution in [1.29, 1.82) is 0 Å². The number of hydrogen-bond acceptors (Lipinski definition) is 9. The van der Waals surface area contributed by atoms with Gasteiger partial charge in [0.25, 0.3) is 0 Å². The number of carbonyl (C=O) groups is 1. The lowest BCUT2D eigenvalue weighted by atomic mass is 10.0. The molecule has 4 atom stereocenters. The van der Waals surface area contributed by atoms with E-state index in [1.807, 2.05) is 28.8 Å². The number of nitrogens with one attached hydrogen (secondary N) is 1. The first-order valence-corrected chi connectivity index (χ1v) is 12.6. The van der Waals surface area contributed by atoms with E-state index in [-0.39, 0.29) is 42.1 Å². The van der Waals surface area contributed by atoms with Crippen LogP contribution in [-0.2, 0) is 10.7 Å². The zero-order chi connectivity index (χ0) is 25.9. The zero-order valence-corrected chi connectivity index (χ0v) is 20.5. The van der Waals surface area contributed by atoms with Gasteiger partial charge in [-0.25, -0.2) is 14.4 Å². The van der Waals surface area contributed by atoms with Gasteiger partial charge in [0, 0.05) is 40.3 Å². The molecule has 4 aromatic rings. The van der Waals surface area contributed by atoms with Gasteiger partial charge in [-0.1, -0.05) is 36.4 Å². The summed E-state index contributed by atoms with van der Waals surface area (Å²) in [6.07, 6.45) is 2.73. The molecule has 0 saturated heterocycles. The SMILES string of the molecule is NSOC[C@H]1C[C@@H](Nc2ncncc2C(=O)c2cn(Cc3ccccc3F)c3ccccc23)[C@H](O)[C@@H]1O. The predicted molar refractivity (Wildman–Crippen MR) is 138 cm³/mol. The van der Waals surface area contributed by atoms with Gasteiger partial charge in [0.15, 0.2) is 5.78 Å². The van der Waals surface area contributed by atoms with Crippen molar-refractivity contribution in [1.82, 2.24) is 14.5 Å². The second kappa shape index (κ2) is 11.0. The molecule has 5 N–H and O–H groups in total. The Kier molecular flexibility index (Phi) is 7.49. The summed E-state index contributed by atoms with van der Waals surface area (Å²) in [5, 5.41) is 30.1. The first kappa shape index (κ1) is 25.3. The Hall–Kier alpha value is -3.35. The number of fused-ring (bicyclic) bond motifs is 1. The van der Waals surface area contributed by atoms with Gasteiger partial charge in [0.2, 0.25) is 0 Å². The fourth-order valence-corrected chi connectivity index (χ4v) is 5.11. The molecule has 9 nitrogen and oxygen atoms in total. The summed E-state index contributed by atoms with van der Waals surface area (Å²) in [5.74, 6) is -0.723. The first-order chi connectivity index (χ1) is 18.0. The third kappa shape index (κ3) is 5.09. The van der Waals surface area contributed by atoms with Crippen LogP contribution in [0.15, 0.2) is 67.3 Å². The van der Waals surface area contributed by atoms with Crippen LogP contribution in [0.5, 0.6) is 0 Å². The van der Waals surface area contributed by atoms with E-state index in [0.29, 0.717) is 35.2 Å². The number of aliphatic hydroxyl groups is 2. The topological polar surface area (TPSA) is 136 Å². The van der Waals surface area contributed by atoms with Crippen LogP contribution < -0.4 is 10.5 Å². The highest BCUT2D eigenvalue weighted by Gasteiger charge is 2.42. The number of nitrogens with two attached hydrogens (primary N) is 1. The summed E-state index contributed by atoms with van der Waals surface area (Å²) < 4.78 is 21.3. The number of aliphatic hydroxyl groups excluding tert-OH is 2. The molecular formula is C26H26FN5O4S. The van der Waals surface area contributed by atoms with E-state index in [1.165, 1.54) is 18.6 Å². The van der Waals surface area contributed by atoms with Crippen molar-refractivity contribution in [3.8, 4) is 0 Å². The Labute approximate surface area is 216 Å². The summed E-state index contributed by atoms with van der Waals surface area (Å²) in [5.41, 5.74) is 1.93. The Bertz CT molecular complexity index is 1420. The maximum absolute atomic E-state index is 14.3.